The van der Waals surface area contributed by atoms with Crippen molar-refractivity contribution >= 4 is 22.4 Å². The summed E-state index contributed by atoms with van der Waals surface area (Å²) in [7, 11) is 0. The van der Waals surface area contributed by atoms with Crippen LogP contribution >= 0.6 is 0 Å². The van der Waals surface area contributed by atoms with Gasteiger partial charge in [-0.2, -0.15) is 13.2 Å². The number of halogens is 3. The molecule has 4 rings (SSSR count). The SMILES string of the molecule is OC(Nc1ccc(C(F)(F)F)cc1)Nc1c[nH]c2nccc(-c3ccncc3)c12. The van der Waals surface area contributed by atoms with Gasteiger partial charge >= 0.3 is 6.18 Å². The van der Waals surface area contributed by atoms with Crippen molar-refractivity contribution in [2.75, 3.05) is 10.6 Å². The molecule has 29 heavy (non-hydrogen) atoms. The highest BCUT2D eigenvalue weighted by atomic mass is 19.4. The van der Waals surface area contributed by atoms with E-state index in [1.54, 1.807) is 24.8 Å². The minimum atomic E-state index is -4.41. The minimum absolute atomic E-state index is 0.338. The van der Waals surface area contributed by atoms with Gasteiger partial charge in [-0.15, -0.1) is 0 Å². The Morgan fingerprint density at radius 3 is 2.34 bits per heavy atom. The summed E-state index contributed by atoms with van der Waals surface area (Å²) in [6, 6.07) is 10.00. The van der Waals surface area contributed by atoms with E-state index in [9.17, 15) is 18.3 Å². The molecule has 148 valence electrons. The van der Waals surface area contributed by atoms with Crippen molar-refractivity contribution in [3.05, 3.63) is 72.8 Å². The molecule has 0 saturated carbocycles. The maximum Gasteiger partial charge on any atom is 0.416 e. The molecular formula is C20H16F3N5O. The molecule has 0 radical (unpaired) electrons. The van der Waals surface area contributed by atoms with E-state index in [0.717, 1.165) is 28.6 Å². The van der Waals surface area contributed by atoms with E-state index >= 15 is 0 Å². The Hall–Kier alpha value is -3.59. The fourth-order valence-electron chi connectivity index (χ4n) is 3.04. The quantitative estimate of drug-likeness (QED) is 0.373. The first-order chi connectivity index (χ1) is 13.9. The molecule has 1 aromatic carbocycles. The number of rotatable bonds is 5. The number of H-pyrrole nitrogens is 1. The van der Waals surface area contributed by atoms with Crippen LogP contribution in [0.3, 0.4) is 0 Å². The molecule has 4 aromatic rings. The molecule has 0 saturated heterocycles. The van der Waals surface area contributed by atoms with Gasteiger partial charge in [-0.1, -0.05) is 0 Å². The van der Waals surface area contributed by atoms with Crippen LogP contribution in [-0.2, 0) is 6.18 Å². The third-order valence-electron chi connectivity index (χ3n) is 4.37. The van der Waals surface area contributed by atoms with Gasteiger partial charge in [-0.05, 0) is 53.6 Å². The Balaban J connectivity index is 1.57. The third kappa shape index (κ3) is 3.99. The maximum absolute atomic E-state index is 12.7. The van der Waals surface area contributed by atoms with Gasteiger partial charge < -0.3 is 20.7 Å². The average molecular weight is 399 g/mol. The molecule has 0 amide bonds. The van der Waals surface area contributed by atoms with Crippen LogP contribution in [-0.4, -0.2) is 26.4 Å². The van der Waals surface area contributed by atoms with Crippen molar-refractivity contribution in [1.82, 2.24) is 15.0 Å². The Morgan fingerprint density at radius 1 is 0.931 bits per heavy atom. The van der Waals surface area contributed by atoms with Crippen LogP contribution in [0.2, 0.25) is 0 Å². The number of nitrogens with one attached hydrogen (secondary N) is 3. The fraction of sp³-hybridized carbons (Fsp3) is 0.100. The first kappa shape index (κ1) is 18.8. The van der Waals surface area contributed by atoms with Gasteiger partial charge in [0.2, 0.25) is 6.35 Å². The molecule has 1 unspecified atom stereocenters. The van der Waals surface area contributed by atoms with E-state index in [1.807, 2.05) is 18.2 Å². The van der Waals surface area contributed by atoms with Crippen LogP contribution < -0.4 is 10.6 Å². The number of aliphatic hydroxyl groups is 1. The number of hydrogen-bond donors (Lipinski definition) is 4. The van der Waals surface area contributed by atoms with Gasteiger partial charge in [-0.3, -0.25) is 4.98 Å². The number of benzene rings is 1. The number of hydrogen-bond acceptors (Lipinski definition) is 5. The molecular weight excluding hydrogens is 383 g/mol. The van der Waals surface area contributed by atoms with Crippen LogP contribution in [0.1, 0.15) is 5.56 Å². The zero-order valence-electron chi connectivity index (χ0n) is 14.9. The second-order valence-corrected chi connectivity index (χ2v) is 6.29. The number of pyridine rings is 2. The summed E-state index contributed by atoms with van der Waals surface area (Å²) < 4.78 is 38.0. The molecule has 3 heterocycles. The molecule has 9 heteroatoms. The molecule has 0 aliphatic rings. The lowest BCUT2D eigenvalue weighted by Crippen LogP contribution is -2.27. The van der Waals surface area contributed by atoms with Gasteiger partial charge in [0.1, 0.15) is 5.65 Å². The summed E-state index contributed by atoms with van der Waals surface area (Å²) in [6.07, 6.45) is 1.06. The van der Waals surface area contributed by atoms with Gasteiger partial charge in [-0.25, -0.2) is 4.98 Å². The van der Waals surface area contributed by atoms with Gasteiger partial charge in [0.25, 0.3) is 0 Å². The number of fused-ring (bicyclic) bond motifs is 1. The Morgan fingerprint density at radius 2 is 1.66 bits per heavy atom. The molecule has 0 spiro atoms. The van der Waals surface area contributed by atoms with Crippen molar-refractivity contribution in [3.63, 3.8) is 0 Å². The lowest BCUT2D eigenvalue weighted by Gasteiger charge is -2.17. The fourth-order valence-corrected chi connectivity index (χ4v) is 3.04. The van der Waals surface area contributed by atoms with Crippen LogP contribution in [0.25, 0.3) is 22.2 Å². The molecule has 3 aromatic heterocycles. The number of nitrogens with zero attached hydrogens (tertiary/aromatic N) is 2. The number of aliphatic hydroxyl groups excluding tert-OH is 1. The smallest absolute Gasteiger partial charge is 0.357 e. The zero-order valence-corrected chi connectivity index (χ0v) is 14.9. The van der Waals surface area contributed by atoms with Crippen molar-refractivity contribution < 1.29 is 18.3 Å². The topological polar surface area (TPSA) is 85.9 Å². The van der Waals surface area contributed by atoms with Gasteiger partial charge in [0, 0.05) is 35.9 Å². The molecule has 0 aliphatic carbocycles. The lowest BCUT2D eigenvalue weighted by atomic mass is 10.0. The second-order valence-electron chi connectivity index (χ2n) is 6.29. The molecule has 1 atom stereocenters. The van der Waals surface area contributed by atoms with E-state index in [0.29, 0.717) is 17.0 Å². The average Bonchev–Trinajstić information content (AvgIpc) is 3.11. The predicted octanol–water partition coefficient (Wildman–Crippen LogP) is 4.44. The van der Waals surface area contributed by atoms with Gasteiger partial charge in [0.05, 0.1) is 11.3 Å². The Labute approximate surface area is 163 Å². The molecule has 0 aliphatic heterocycles. The van der Waals surface area contributed by atoms with E-state index in [2.05, 4.69) is 25.6 Å². The first-order valence-corrected chi connectivity index (χ1v) is 8.67. The molecule has 0 bridgehead atoms. The molecule has 6 nitrogen and oxygen atoms in total. The summed E-state index contributed by atoms with van der Waals surface area (Å²) in [4.78, 5) is 11.3. The molecule has 4 N–H and O–H groups in total. The maximum atomic E-state index is 12.7. The number of aromatic amines is 1. The Kier molecular flexibility index (Phi) is 4.81. The number of anilines is 2. The highest BCUT2D eigenvalue weighted by molar-refractivity contribution is 6.02. The van der Waals surface area contributed by atoms with E-state index in [-0.39, 0.29) is 0 Å². The summed E-state index contributed by atoms with van der Waals surface area (Å²) in [5.41, 5.74) is 2.62. The summed E-state index contributed by atoms with van der Waals surface area (Å²) in [6.45, 7) is 0. The number of aromatic nitrogens is 3. The van der Waals surface area contributed by atoms with Crippen molar-refractivity contribution in [2.45, 2.75) is 12.5 Å². The normalized spacial score (nSPS) is 12.7. The third-order valence-corrected chi connectivity index (χ3v) is 4.37. The lowest BCUT2D eigenvalue weighted by molar-refractivity contribution is -0.137. The van der Waals surface area contributed by atoms with Crippen LogP contribution in [0.5, 0.6) is 0 Å². The van der Waals surface area contributed by atoms with Crippen LogP contribution in [0.4, 0.5) is 24.5 Å². The zero-order chi connectivity index (χ0) is 20.4. The van der Waals surface area contributed by atoms with Crippen molar-refractivity contribution in [3.8, 4) is 11.1 Å². The van der Waals surface area contributed by atoms with Gasteiger partial charge in [0.15, 0.2) is 0 Å². The van der Waals surface area contributed by atoms with Crippen LogP contribution in [0, 0.1) is 0 Å². The largest absolute Gasteiger partial charge is 0.416 e. The summed E-state index contributed by atoms with van der Waals surface area (Å²) >= 11 is 0. The van der Waals surface area contributed by atoms with Crippen LogP contribution in [0.15, 0.2) is 67.3 Å². The predicted molar refractivity (Wildman–Crippen MR) is 104 cm³/mol. The first-order valence-electron chi connectivity index (χ1n) is 8.67. The second kappa shape index (κ2) is 7.44. The minimum Gasteiger partial charge on any atom is -0.357 e. The Bertz CT molecular complexity index is 1110. The van der Waals surface area contributed by atoms with E-state index in [1.165, 1.54) is 12.1 Å². The highest BCUT2D eigenvalue weighted by Crippen LogP contribution is 2.33. The highest BCUT2D eigenvalue weighted by Gasteiger charge is 2.30. The van der Waals surface area contributed by atoms with Crippen molar-refractivity contribution in [1.29, 1.82) is 0 Å². The molecule has 0 fully saturated rings. The standard InChI is InChI=1S/C20H16F3N5O/c21-20(22,23)13-1-3-14(4-2-13)27-19(29)28-16-11-26-18-17(16)15(7-10-25-18)12-5-8-24-9-6-12/h1-11,19,27-29H,(H,25,26). The summed E-state index contributed by atoms with van der Waals surface area (Å²) in [5.74, 6) is 0. The number of alkyl halides is 3. The monoisotopic (exact) mass is 399 g/mol. The van der Waals surface area contributed by atoms with Crippen molar-refractivity contribution in [2.24, 2.45) is 0 Å². The summed E-state index contributed by atoms with van der Waals surface area (Å²) in [5, 5.41) is 16.7. The van der Waals surface area contributed by atoms with E-state index < -0.39 is 18.1 Å². The van der Waals surface area contributed by atoms with E-state index in [4.69, 9.17) is 0 Å².